The number of nitrogens with one attached hydrogen (secondary N) is 1. The van der Waals surface area contributed by atoms with Gasteiger partial charge in [-0.05, 0) is 43.5 Å². The lowest BCUT2D eigenvalue weighted by Crippen LogP contribution is -2.21. The van der Waals surface area contributed by atoms with Crippen molar-refractivity contribution < 1.29 is 0 Å². The Bertz CT molecular complexity index is 626. The second kappa shape index (κ2) is 7.37. The summed E-state index contributed by atoms with van der Waals surface area (Å²) in [5, 5.41) is 4.77. The van der Waals surface area contributed by atoms with Gasteiger partial charge in [0, 0.05) is 17.6 Å². The first kappa shape index (κ1) is 15.7. The van der Waals surface area contributed by atoms with Gasteiger partial charge in [0.1, 0.15) is 0 Å². The molecule has 0 saturated heterocycles. The summed E-state index contributed by atoms with van der Waals surface area (Å²) in [6, 6.07) is 10.6. The number of hydrogen-bond acceptors (Lipinski definition) is 2. The fraction of sp³-hybridized carbons (Fsp3) is 0.421. The molecule has 0 aliphatic heterocycles. The van der Waals surface area contributed by atoms with Crippen LogP contribution < -0.4 is 5.32 Å². The summed E-state index contributed by atoms with van der Waals surface area (Å²) in [6.07, 6.45) is 3.39. The van der Waals surface area contributed by atoms with Crippen molar-refractivity contribution in [3.05, 3.63) is 47.2 Å². The Kier molecular flexibility index (Phi) is 5.51. The summed E-state index contributed by atoms with van der Waals surface area (Å²) < 4.78 is 0. The summed E-state index contributed by atoms with van der Waals surface area (Å²) in [5.74, 6) is 0.687. The highest BCUT2D eigenvalue weighted by molar-refractivity contribution is 5.88. The number of benzene rings is 1. The molecule has 1 aromatic carbocycles. The van der Waals surface area contributed by atoms with Gasteiger partial charge in [0.2, 0.25) is 0 Å². The van der Waals surface area contributed by atoms with Crippen LogP contribution in [0.15, 0.2) is 35.9 Å². The molecular formula is C19H26N2. The maximum atomic E-state index is 4.61. The van der Waals surface area contributed by atoms with Crippen LogP contribution >= 0.6 is 0 Å². The first-order valence-corrected chi connectivity index (χ1v) is 7.86. The van der Waals surface area contributed by atoms with Crippen molar-refractivity contribution in [2.24, 2.45) is 5.92 Å². The molecule has 21 heavy (non-hydrogen) atoms. The van der Waals surface area contributed by atoms with Crippen LogP contribution in [0.2, 0.25) is 0 Å². The van der Waals surface area contributed by atoms with Crippen LogP contribution in [0.4, 0.5) is 0 Å². The molecule has 0 unspecified atom stereocenters. The van der Waals surface area contributed by atoms with E-state index in [1.54, 1.807) is 0 Å². The van der Waals surface area contributed by atoms with Crippen LogP contribution in [0.1, 0.15) is 38.4 Å². The number of nitrogens with zero attached hydrogens (tertiary/aromatic N) is 1. The zero-order chi connectivity index (χ0) is 15.2. The third-order valence-electron chi connectivity index (χ3n) is 3.59. The maximum absolute atomic E-state index is 4.61. The largest absolute Gasteiger partial charge is 0.313 e. The summed E-state index contributed by atoms with van der Waals surface area (Å²) >= 11 is 0. The van der Waals surface area contributed by atoms with Gasteiger partial charge in [-0.25, -0.2) is 0 Å². The molecule has 2 nitrogen and oxygen atoms in total. The van der Waals surface area contributed by atoms with E-state index in [0.717, 1.165) is 30.7 Å². The van der Waals surface area contributed by atoms with Crippen LogP contribution in [-0.2, 0) is 0 Å². The summed E-state index contributed by atoms with van der Waals surface area (Å²) in [4.78, 5) is 4.61. The highest BCUT2D eigenvalue weighted by Gasteiger charge is 2.03. The van der Waals surface area contributed by atoms with E-state index < -0.39 is 0 Å². The smallest absolute Gasteiger partial charge is 0.0711 e. The van der Waals surface area contributed by atoms with Gasteiger partial charge in [-0.3, -0.25) is 4.98 Å². The third-order valence-corrected chi connectivity index (χ3v) is 3.59. The van der Waals surface area contributed by atoms with Gasteiger partial charge in [-0.1, -0.05) is 50.6 Å². The standard InChI is InChI=1S/C19H26N2/c1-5-16(13-20-12-14(2)3)11-17-10-15(4)21-19-9-7-6-8-18(17)19/h6-11,14,20H,5,12-13H2,1-4H3. The predicted octanol–water partition coefficient (Wildman–Crippen LogP) is 4.58. The molecular weight excluding hydrogens is 256 g/mol. The number of aryl methyl sites for hydroxylation is 1. The summed E-state index contributed by atoms with van der Waals surface area (Å²) in [7, 11) is 0. The van der Waals surface area contributed by atoms with Crippen molar-refractivity contribution in [3.8, 4) is 0 Å². The third kappa shape index (κ3) is 4.40. The van der Waals surface area contributed by atoms with E-state index in [9.17, 15) is 0 Å². The minimum absolute atomic E-state index is 0.687. The number of pyridine rings is 1. The zero-order valence-corrected chi connectivity index (χ0v) is 13.6. The number of rotatable bonds is 6. The van der Waals surface area contributed by atoms with E-state index in [1.165, 1.54) is 16.5 Å². The minimum Gasteiger partial charge on any atom is -0.313 e. The van der Waals surface area contributed by atoms with Gasteiger partial charge in [0.15, 0.2) is 0 Å². The fourth-order valence-electron chi connectivity index (χ4n) is 2.48. The Morgan fingerprint density at radius 3 is 2.76 bits per heavy atom. The summed E-state index contributed by atoms with van der Waals surface area (Å²) in [5.41, 5.74) is 4.87. The Morgan fingerprint density at radius 2 is 2.05 bits per heavy atom. The molecule has 0 aliphatic rings. The average Bonchev–Trinajstić information content (AvgIpc) is 2.45. The van der Waals surface area contributed by atoms with Gasteiger partial charge < -0.3 is 5.32 Å². The lowest BCUT2D eigenvalue weighted by molar-refractivity contribution is 0.569. The number of aromatic nitrogens is 1. The molecule has 2 heteroatoms. The highest BCUT2D eigenvalue weighted by Crippen LogP contribution is 2.21. The van der Waals surface area contributed by atoms with Crippen molar-refractivity contribution >= 4 is 17.0 Å². The number of fused-ring (bicyclic) bond motifs is 1. The molecule has 1 N–H and O–H groups in total. The van der Waals surface area contributed by atoms with Crippen LogP contribution in [0, 0.1) is 12.8 Å². The van der Waals surface area contributed by atoms with Gasteiger partial charge in [-0.2, -0.15) is 0 Å². The number of para-hydroxylation sites is 1. The van der Waals surface area contributed by atoms with Gasteiger partial charge in [0.25, 0.3) is 0 Å². The first-order valence-electron chi connectivity index (χ1n) is 7.86. The quantitative estimate of drug-likeness (QED) is 0.838. The Hall–Kier alpha value is -1.67. The minimum atomic E-state index is 0.687. The molecule has 112 valence electrons. The Morgan fingerprint density at radius 1 is 1.29 bits per heavy atom. The molecule has 1 heterocycles. The SMILES string of the molecule is CCC(=Cc1cc(C)nc2ccccc12)CNCC(C)C. The molecule has 0 fully saturated rings. The molecule has 0 aliphatic carbocycles. The van der Waals surface area contributed by atoms with Crippen LogP contribution in [0.25, 0.3) is 17.0 Å². The molecule has 0 spiro atoms. The molecule has 2 aromatic rings. The van der Waals surface area contributed by atoms with Gasteiger partial charge >= 0.3 is 0 Å². The average molecular weight is 282 g/mol. The maximum Gasteiger partial charge on any atom is 0.0711 e. The lowest BCUT2D eigenvalue weighted by atomic mass is 10.0. The van der Waals surface area contributed by atoms with E-state index in [1.807, 2.05) is 6.07 Å². The van der Waals surface area contributed by atoms with Crippen molar-refractivity contribution in [1.29, 1.82) is 0 Å². The lowest BCUT2D eigenvalue weighted by Gasteiger charge is -2.11. The van der Waals surface area contributed by atoms with E-state index >= 15 is 0 Å². The van der Waals surface area contributed by atoms with Crippen molar-refractivity contribution in [1.82, 2.24) is 10.3 Å². The van der Waals surface area contributed by atoms with Crippen LogP contribution in [-0.4, -0.2) is 18.1 Å². The van der Waals surface area contributed by atoms with Crippen molar-refractivity contribution in [2.75, 3.05) is 13.1 Å². The Labute approximate surface area is 128 Å². The number of hydrogen-bond donors (Lipinski definition) is 1. The zero-order valence-electron chi connectivity index (χ0n) is 13.6. The molecule has 0 bridgehead atoms. The topological polar surface area (TPSA) is 24.9 Å². The van der Waals surface area contributed by atoms with E-state index in [-0.39, 0.29) is 0 Å². The summed E-state index contributed by atoms with van der Waals surface area (Å²) in [6.45, 7) is 10.8. The molecule has 0 atom stereocenters. The molecule has 0 amide bonds. The van der Waals surface area contributed by atoms with Gasteiger partial charge in [0.05, 0.1) is 5.52 Å². The molecule has 0 saturated carbocycles. The van der Waals surface area contributed by atoms with Crippen LogP contribution in [0.3, 0.4) is 0 Å². The van der Waals surface area contributed by atoms with Crippen molar-refractivity contribution in [3.63, 3.8) is 0 Å². The Balaban J connectivity index is 2.29. The molecule has 1 aromatic heterocycles. The second-order valence-corrected chi connectivity index (χ2v) is 6.05. The van der Waals surface area contributed by atoms with E-state index in [4.69, 9.17) is 0 Å². The predicted molar refractivity (Wildman–Crippen MR) is 92.5 cm³/mol. The van der Waals surface area contributed by atoms with Gasteiger partial charge in [-0.15, -0.1) is 0 Å². The van der Waals surface area contributed by atoms with Crippen molar-refractivity contribution in [2.45, 2.75) is 34.1 Å². The van der Waals surface area contributed by atoms with Crippen LogP contribution in [0.5, 0.6) is 0 Å². The molecule has 0 radical (unpaired) electrons. The fourth-order valence-corrected chi connectivity index (χ4v) is 2.48. The first-order chi connectivity index (χ1) is 10.1. The van der Waals surface area contributed by atoms with E-state index in [0.29, 0.717) is 5.92 Å². The highest BCUT2D eigenvalue weighted by atomic mass is 14.9. The molecule has 2 rings (SSSR count). The normalized spacial score (nSPS) is 12.3. The van der Waals surface area contributed by atoms with E-state index in [2.05, 4.69) is 68.3 Å². The second-order valence-electron chi connectivity index (χ2n) is 6.05. The monoisotopic (exact) mass is 282 g/mol.